The van der Waals surface area contributed by atoms with Crippen LogP contribution in [0.5, 0.6) is 0 Å². The first-order chi connectivity index (χ1) is 15.7. The highest BCUT2D eigenvalue weighted by atomic mass is 32.1. The molecule has 162 valence electrons. The van der Waals surface area contributed by atoms with Crippen LogP contribution < -0.4 is 5.32 Å². The number of amides is 2. The van der Waals surface area contributed by atoms with Crippen molar-refractivity contribution in [3.63, 3.8) is 0 Å². The number of hydrogen-bond donors (Lipinski definition) is 1. The third kappa shape index (κ3) is 4.15. The molecule has 0 spiro atoms. The first kappa shape index (κ1) is 20.4. The van der Waals surface area contributed by atoms with Gasteiger partial charge in [-0.3, -0.25) is 14.0 Å². The fourth-order valence-electron chi connectivity index (χ4n) is 3.78. The van der Waals surface area contributed by atoms with E-state index in [1.807, 2.05) is 58.4 Å². The van der Waals surface area contributed by atoms with Crippen molar-refractivity contribution in [1.29, 1.82) is 0 Å². The van der Waals surface area contributed by atoms with Crippen LogP contribution in [0.25, 0.3) is 16.2 Å². The van der Waals surface area contributed by atoms with E-state index in [2.05, 4.69) is 10.3 Å². The average Bonchev–Trinajstić information content (AvgIpc) is 3.42. The summed E-state index contributed by atoms with van der Waals surface area (Å²) in [6.07, 6.45) is 2.14. The van der Waals surface area contributed by atoms with Crippen molar-refractivity contribution in [3.05, 3.63) is 77.4 Å². The predicted molar refractivity (Wildman–Crippen MR) is 124 cm³/mol. The van der Waals surface area contributed by atoms with E-state index in [1.54, 1.807) is 17.0 Å². The number of ether oxygens (including phenoxy) is 1. The molecule has 2 amide bonds. The molecule has 3 heterocycles. The first-order valence-electron chi connectivity index (χ1n) is 10.5. The molecule has 0 aliphatic carbocycles. The van der Waals surface area contributed by atoms with Gasteiger partial charge < -0.3 is 15.0 Å². The molecule has 0 bridgehead atoms. The van der Waals surface area contributed by atoms with Gasteiger partial charge in [0.25, 0.3) is 5.91 Å². The van der Waals surface area contributed by atoms with Crippen LogP contribution in [0.1, 0.15) is 16.1 Å². The molecule has 2 aromatic heterocycles. The molecule has 1 N–H and O–H groups in total. The number of rotatable bonds is 5. The average molecular weight is 447 g/mol. The van der Waals surface area contributed by atoms with E-state index in [-0.39, 0.29) is 18.2 Å². The van der Waals surface area contributed by atoms with Crippen molar-refractivity contribution < 1.29 is 14.3 Å². The van der Waals surface area contributed by atoms with Gasteiger partial charge in [-0.05, 0) is 12.1 Å². The van der Waals surface area contributed by atoms with Crippen LogP contribution in [0.4, 0.5) is 5.69 Å². The lowest BCUT2D eigenvalue weighted by Gasteiger charge is -2.27. The van der Waals surface area contributed by atoms with E-state index < -0.39 is 0 Å². The number of morpholine rings is 1. The lowest BCUT2D eigenvalue weighted by Crippen LogP contribution is -2.41. The van der Waals surface area contributed by atoms with Crippen molar-refractivity contribution in [1.82, 2.24) is 14.3 Å². The van der Waals surface area contributed by atoms with E-state index in [4.69, 9.17) is 4.74 Å². The van der Waals surface area contributed by atoms with E-state index in [0.29, 0.717) is 37.6 Å². The second kappa shape index (κ2) is 8.94. The van der Waals surface area contributed by atoms with Gasteiger partial charge in [-0.15, -0.1) is 11.3 Å². The third-order valence-corrected chi connectivity index (χ3v) is 6.31. The Labute approximate surface area is 189 Å². The predicted octanol–water partition coefficient (Wildman–Crippen LogP) is 3.72. The quantitative estimate of drug-likeness (QED) is 0.507. The zero-order valence-electron chi connectivity index (χ0n) is 17.4. The Hall–Kier alpha value is -3.49. The summed E-state index contributed by atoms with van der Waals surface area (Å²) in [6, 6.07) is 17.1. The molecule has 1 fully saturated rings. The summed E-state index contributed by atoms with van der Waals surface area (Å²) in [5, 5.41) is 4.87. The molecule has 7 nitrogen and oxygen atoms in total. The number of nitrogens with one attached hydrogen (secondary N) is 1. The number of thiazole rings is 1. The largest absolute Gasteiger partial charge is 0.378 e. The van der Waals surface area contributed by atoms with Gasteiger partial charge >= 0.3 is 0 Å². The molecule has 1 aliphatic rings. The summed E-state index contributed by atoms with van der Waals surface area (Å²) >= 11 is 1.50. The standard InChI is InChI=1S/C24H22N4O3S/c29-22(25-20-9-5-4-8-19(20)23(30)27-10-12-31-13-11-27)14-18-16-32-24-26-21(15-28(18)24)17-6-2-1-3-7-17/h1-9,15-16H,10-14H2,(H,25,29). The maximum absolute atomic E-state index is 12.9. The lowest BCUT2D eigenvalue weighted by molar-refractivity contribution is -0.115. The van der Waals surface area contributed by atoms with Gasteiger partial charge in [-0.25, -0.2) is 4.98 Å². The van der Waals surface area contributed by atoms with Gasteiger partial charge in [-0.2, -0.15) is 0 Å². The zero-order valence-corrected chi connectivity index (χ0v) is 18.2. The second-order valence-corrected chi connectivity index (χ2v) is 8.38. The maximum atomic E-state index is 12.9. The minimum absolute atomic E-state index is 0.0933. The Morgan fingerprint density at radius 1 is 1.03 bits per heavy atom. The highest BCUT2D eigenvalue weighted by Gasteiger charge is 2.22. The molecule has 1 aliphatic heterocycles. The summed E-state index contributed by atoms with van der Waals surface area (Å²) in [7, 11) is 0. The highest BCUT2D eigenvalue weighted by molar-refractivity contribution is 7.15. The Morgan fingerprint density at radius 2 is 1.78 bits per heavy atom. The number of aromatic nitrogens is 2. The normalized spacial score (nSPS) is 13.9. The summed E-state index contributed by atoms with van der Waals surface area (Å²) in [4.78, 5) is 33.1. The fraction of sp³-hybridized carbons (Fsp3) is 0.208. The Bertz CT molecular complexity index is 1260. The number of carbonyl (C=O) groups is 2. The maximum Gasteiger partial charge on any atom is 0.256 e. The summed E-state index contributed by atoms with van der Waals surface area (Å²) in [6.45, 7) is 2.17. The molecule has 0 saturated carbocycles. The van der Waals surface area contributed by atoms with Gasteiger partial charge in [0, 0.05) is 35.9 Å². The van der Waals surface area contributed by atoms with Gasteiger partial charge in [0.2, 0.25) is 5.91 Å². The SMILES string of the molecule is O=C(Cc1csc2nc(-c3ccccc3)cn12)Nc1ccccc1C(=O)N1CCOCC1. The monoisotopic (exact) mass is 446 g/mol. The van der Waals surface area contributed by atoms with Crippen LogP contribution in [0.2, 0.25) is 0 Å². The number of fused-ring (bicyclic) bond motifs is 1. The molecule has 5 rings (SSSR count). The minimum Gasteiger partial charge on any atom is -0.378 e. The van der Waals surface area contributed by atoms with Gasteiger partial charge in [0.1, 0.15) is 0 Å². The van der Waals surface area contributed by atoms with Crippen LogP contribution >= 0.6 is 11.3 Å². The van der Waals surface area contributed by atoms with Gasteiger partial charge in [0.15, 0.2) is 4.96 Å². The van der Waals surface area contributed by atoms with Gasteiger partial charge in [0.05, 0.1) is 36.6 Å². The smallest absolute Gasteiger partial charge is 0.256 e. The lowest BCUT2D eigenvalue weighted by atomic mass is 10.1. The molecule has 0 radical (unpaired) electrons. The van der Waals surface area contributed by atoms with Crippen LogP contribution in [0, 0.1) is 0 Å². The summed E-state index contributed by atoms with van der Waals surface area (Å²) < 4.78 is 7.29. The number of nitrogens with zero attached hydrogens (tertiary/aromatic N) is 3. The molecule has 0 atom stereocenters. The molecular weight excluding hydrogens is 424 g/mol. The number of para-hydroxylation sites is 1. The highest BCUT2D eigenvalue weighted by Crippen LogP contribution is 2.24. The van der Waals surface area contributed by atoms with Crippen molar-refractivity contribution >= 4 is 33.8 Å². The number of anilines is 1. The third-order valence-electron chi connectivity index (χ3n) is 5.42. The van der Waals surface area contributed by atoms with Crippen LogP contribution in [-0.4, -0.2) is 52.4 Å². The van der Waals surface area contributed by atoms with Crippen molar-refractivity contribution in [3.8, 4) is 11.3 Å². The van der Waals surface area contributed by atoms with Crippen molar-refractivity contribution in [2.45, 2.75) is 6.42 Å². The van der Waals surface area contributed by atoms with E-state index >= 15 is 0 Å². The zero-order chi connectivity index (χ0) is 21.9. The second-order valence-electron chi connectivity index (χ2n) is 7.55. The Balaban J connectivity index is 1.33. The minimum atomic E-state index is -0.179. The topological polar surface area (TPSA) is 75.9 Å². The summed E-state index contributed by atoms with van der Waals surface area (Å²) in [5.74, 6) is -0.272. The Morgan fingerprint density at radius 3 is 2.59 bits per heavy atom. The number of benzene rings is 2. The first-order valence-corrected chi connectivity index (χ1v) is 11.3. The number of hydrogen-bond acceptors (Lipinski definition) is 5. The van der Waals surface area contributed by atoms with Crippen LogP contribution in [-0.2, 0) is 16.0 Å². The summed E-state index contributed by atoms with van der Waals surface area (Å²) in [5.41, 5.74) is 3.78. The molecule has 8 heteroatoms. The van der Waals surface area contributed by atoms with Gasteiger partial charge in [-0.1, -0.05) is 42.5 Å². The molecule has 0 unspecified atom stereocenters. The molecule has 32 heavy (non-hydrogen) atoms. The van der Waals surface area contributed by atoms with E-state index in [9.17, 15) is 9.59 Å². The molecule has 1 saturated heterocycles. The molecular formula is C24H22N4O3S. The van der Waals surface area contributed by atoms with E-state index in [1.165, 1.54) is 11.3 Å². The Kier molecular flexibility index (Phi) is 5.70. The molecule has 4 aromatic rings. The van der Waals surface area contributed by atoms with Crippen molar-refractivity contribution in [2.75, 3.05) is 31.6 Å². The van der Waals surface area contributed by atoms with E-state index in [0.717, 1.165) is 21.9 Å². The van der Waals surface area contributed by atoms with Crippen LogP contribution in [0.3, 0.4) is 0 Å². The number of carbonyl (C=O) groups excluding carboxylic acids is 2. The van der Waals surface area contributed by atoms with Crippen molar-refractivity contribution in [2.24, 2.45) is 0 Å². The fourth-order valence-corrected chi connectivity index (χ4v) is 4.65. The van der Waals surface area contributed by atoms with Crippen LogP contribution in [0.15, 0.2) is 66.2 Å². The number of imidazole rings is 1. The molecule has 2 aromatic carbocycles.